The fourth-order valence-corrected chi connectivity index (χ4v) is 2.17. The second kappa shape index (κ2) is 8.97. The molecular weight excluding hydrogens is 244 g/mol. The van der Waals surface area contributed by atoms with Gasteiger partial charge in [-0.1, -0.05) is 13.8 Å². The topological polar surface area (TPSA) is 47.3 Å². The van der Waals surface area contributed by atoms with Gasteiger partial charge >= 0.3 is 0 Å². The number of hydrogen-bond acceptors (Lipinski definition) is 4. The molecule has 0 heterocycles. The monoisotopic (exact) mass is 268 g/mol. The Hall–Kier alpha value is -1.03. The summed E-state index contributed by atoms with van der Waals surface area (Å²) in [6.07, 6.45) is 2.17. The van der Waals surface area contributed by atoms with Crippen LogP contribution in [0.5, 0.6) is 5.75 Å². The Balaban J connectivity index is 2.40. The standard InChI is InChI=1S/C14H24N2OS/c1-3-9-17-14-11-12(6-7-13(14)15)16-8-5-10-18-4-2/h6-7,11,16H,3-5,8-10,15H2,1-2H3. The van der Waals surface area contributed by atoms with Crippen LogP contribution in [0.1, 0.15) is 26.7 Å². The van der Waals surface area contributed by atoms with Crippen LogP contribution in [0.25, 0.3) is 0 Å². The number of nitrogen functional groups attached to an aromatic ring is 1. The molecule has 3 N–H and O–H groups in total. The van der Waals surface area contributed by atoms with Gasteiger partial charge in [-0.3, -0.25) is 0 Å². The highest BCUT2D eigenvalue weighted by Crippen LogP contribution is 2.25. The van der Waals surface area contributed by atoms with Crippen molar-refractivity contribution in [3.05, 3.63) is 18.2 Å². The number of rotatable bonds is 9. The molecule has 0 spiro atoms. The average molecular weight is 268 g/mol. The summed E-state index contributed by atoms with van der Waals surface area (Å²) in [4.78, 5) is 0. The molecule has 0 aliphatic carbocycles. The predicted molar refractivity (Wildman–Crippen MR) is 82.7 cm³/mol. The highest BCUT2D eigenvalue weighted by Gasteiger charge is 2.01. The highest BCUT2D eigenvalue weighted by atomic mass is 32.2. The molecule has 0 fully saturated rings. The van der Waals surface area contributed by atoms with E-state index in [0.29, 0.717) is 12.3 Å². The first-order chi connectivity index (χ1) is 8.77. The Morgan fingerprint density at radius 2 is 2.17 bits per heavy atom. The lowest BCUT2D eigenvalue weighted by atomic mass is 10.2. The van der Waals surface area contributed by atoms with Gasteiger partial charge in [0.1, 0.15) is 5.75 Å². The molecule has 0 saturated carbocycles. The second-order valence-electron chi connectivity index (χ2n) is 4.08. The van der Waals surface area contributed by atoms with E-state index in [0.717, 1.165) is 24.4 Å². The smallest absolute Gasteiger partial charge is 0.144 e. The van der Waals surface area contributed by atoms with Crippen molar-refractivity contribution in [1.29, 1.82) is 0 Å². The first-order valence-corrected chi connectivity index (χ1v) is 7.77. The molecule has 0 atom stereocenters. The Morgan fingerprint density at radius 1 is 1.33 bits per heavy atom. The highest BCUT2D eigenvalue weighted by molar-refractivity contribution is 7.99. The molecule has 0 aromatic heterocycles. The molecule has 0 aliphatic rings. The lowest BCUT2D eigenvalue weighted by molar-refractivity contribution is 0.319. The van der Waals surface area contributed by atoms with Crippen LogP contribution in [0.3, 0.4) is 0 Å². The lowest BCUT2D eigenvalue weighted by Crippen LogP contribution is -2.04. The SMILES string of the molecule is CCCOc1cc(NCCCSCC)ccc1N. The van der Waals surface area contributed by atoms with Gasteiger partial charge in [0.2, 0.25) is 0 Å². The summed E-state index contributed by atoms with van der Waals surface area (Å²) < 4.78 is 5.60. The first-order valence-electron chi connectivity index (χ1n) is 6.61. The number of nitrogens with two attached hydrogens (primary N) is 1. The van der Waals surface area contributed by atoms with Crippen molar-refractivity contribution in [3.8, 4) is 5.75 Å². The van der Waals surface area contributed by atoms with E-state index in [1.807, 2.05) is 30.0 Å². The summed E-state index contributed by atoms with van der Waals surface area (Å²) in [5, 5.41) is 3.40. The van der Waals surface area contributed by atoms with Crippen molar-refractivity contribution in [2.24, 2.45) is 0 Å². The molecule has 0 bridgehead atoms. The number of anilines is 2. The second-order valence-corrected chi connectivity index (χ2v) is 5.47. The molecule has 0 amide bonds. The van der Waals surface area contributed by atoms with Gasteiger partial charge in [-0.2, -0.15) is 11.8 Å². The van der Waals surface area contributed by atoms with Gasteiger partial charge in [0, 0.05) is 18.3 Å². The van der Waals surface area contributed by atoms with Crippen LogP contribution in [-0.4, -0.2) is 24.7 Å². The van der Waals surface area contributed by atoms with Crippen molar-refractivity contribution in [2.75, 3.05) is 35.7 Å². The molecule has 3 nitrogen and oxygen atoms in total. The normalized spacial score (nSPS) is 10.3. The molecule has 0 saturated heterocycles. The van der Waals surface area contributed by atoms with E-state index in [-0.39, 0.29) is 0 Å². The Kier molecular flexibility index (Phi) is 7.49. The number of benzene rings is 1. The van der Waals surface area contributed by atoms with E-state index >= 15 is 0 Å². The fraction of sp³-hybridized carbons (Fsp3) is 0.571. The van der Waals surface area contributed by atoms with E-state index in [9.17, 15) is 0 Å². The molecule has 102 valence electrons. The zero-order chi connectivity index (χ0) is 13.2. The van der Waals surface area contributed by atoms with Crippen molar-refractivity contribution in [2.45, 2.75) is 26.7 Å². The summed E-state index contributed by atoms with van der Waals surface area (Å²) >= 11 is 1.98. The molecule has 1 rings (SSSR count). The van der Waals surface area contributed by atoms with Crippen LogP contribution >= 0.6 is 11.8 Å². The summed E-state index contributed by atoms with van der Waals surface area (Å²) in [6, 6.07) is 5.88. The zero-order valence-electron chi connectivity index (χ0n) is 11.4. The van der Waals surface area contributed by atoms with E-state index in [2.05, 4.69) is 19.2 Å². The first kappa shape index (κ1) is 15.0. The van der Waals surface area contributed by atoms with Gasteiger partial charge in [-0.25, -0.2) is 0 Å². The van der Waals surface area contributed by atoms with E-state index < -0.39 is 0 Å². The maximum atomic E-state index is 5.87. The number of hydrogen-bond donors (Lipinski definition) is 2. The minimum Gasteiger partial charge on any atom is -0.491 e. The van der Waals surface area contributed by atoms with Gasteiger partial charge in [0.05, 0.1) is 12.3 Å². The average Bonchev–Trinajstić information content (AvgIpc) is 2.39. The van der Waals surface area contributed by atoms with Gasteiger partial charge in [-0.15, -0.1) is 0 Å². The zero-order valence-corrected chi connectivity index (χ0v) is 12.2. The summed E-state index contributed by atoms with van der Waals surface area (Å²) in [5.74, 6) is 3.18. The van der Waals surface area contributed by atoms with Gasteiger partial charge in [-0.05, 0) is 36.5 Å². The Morgan fingerprint density at radius 3 is 2.89 bits per heavy atom. The van der Waals surface area contributed by atoms with Crippen LogP contribution in [0.4, 0.5) is 11.4 Å². The minimum absolute atomic E-state index is 0.704. The third kappa shape index (κ3) is 5.54. The van der Waals surface area contributed by atoms with Crippen LogP contribution in [0.2, 0.25) is 0 Å². The van der Waals surface area contributed by atoms with Crippen LogP contribution in [0.15, 0.2) is 18.2 Å². The molecule has 0 radical (unpaired) electrons. The summed E-state index contributed by atoms with van der Waals surface area (Å²) in [6.45, 7) is 5.98. The predicted octanol–water partition coefficient (Wildman–Crippen LogP) is 3.61. The maximum absolute atomic E-state index is 5.87. The van der Waals surface area contributed by atoms with E-state index in [1.54, 1.807) is 0 Å². The summed E-state index contributed by atoms with van der Waals surface area (Å²) in [5.41, 5.74) is 7.65. The van der Waals surface area contributed by atoms with Crippen molar-refractivity contribution >= 4 is 23.1 Å². The Labute approximate surface area is 114 Å². The van der Waals surface area contributed by atoms with E-state index in [4.69, 9.17) is 10.5 Å². The number of nitrogens with one attached hydrogen (secondary N) is 1. The van der Waals surface area contributed by atoms with Crippen LogP contribution in [0, 0.1) is 0 Å². The quantitative estimate of drug-likeness (QED) is 0.530. The van der Waals surface area contributed by atoms with Gasteiger partial charge < -0.3 is 15.8 Å². The van der Waals surface area contributed by atoms with Crippen LogP contribution < -0.4 is 15.8 Å². The molecular formula is C14H24N2OS. The van der Waals surface area contributed by atoms with Crippen molar-refractivity contribution < 1.29 is 4.74 Å². The lowest BCUT2D eigenvalue weighted by Gasteiger charge is -2.11. The molecule has 18 heavy (non-hydrogen) atoms. The van der Waals surface area contributed by atoms with Crippen molar-refractivity contribution in [1.82, 2.24) is 0 Å². The molecule has 4 heteroatoms. The van der Waals surface area contributed by atoms with Gasteiger partial charge in [0.15, 0.2) is 0 Å². The van der Waals surface area contributed by atoms with Gasteiger partial charge in [0.25, 0.3) is 0 Å². The number of ether oxygens (including phenoxy) is 1. The molecule has 0 aliphatic heterocycles. The van der Waals surface area contributed by atoms with E-state index in [1.165, 1.54) is 17.9 Å². The molecule has 1 aromatic carbocycles. The molecule has 0 unspecified atom stereocenters. The van der Waals surface area contributed by atoms with Crippen molar-refractivity contribution in [3.63, 3.8) is 0 Å². The largest absolute Gasteiger partial charge is 0.491 e. The number of thioether (sulfide) groups is 1. The van der Waals surface area contributed by atoms with Crippen LogP contribution in [-0.2, 0) is 0 Å². The summed E-state index contributed by atoms with van der Waals surface area (Å²) in [7, 11) is 0. The molecule has 1 aromatic rings. The third-order valence-corrected chi connectivity index (χ3v) is 3.46. The third-order valence-electron chi connectivity index (χ3n) is 2.47. The fourth-order valence-electron chi connectivity index (χ4n) is 1.53. The maximum Gasteiger partial charge on any atom is 0.144 e. The minimum atomic E-state index is 0.704. The Bertz CT molecular complexity index is 345.